The van der Waals surface area contributed by atoms with Gasteiger partial charge in [-0.15, -0.1) is 17.9 Å². The van der Waals surface area contributed by atoms with E-state index in [1.807, 2.05) is 4.90 Å². The summed E-state index contributed by atoms with van der Waals surface area (Å²) in [6, 6.07) is 2.39. The van der Waals surface area contributed by atoms with Crippen LogP contribution >= 0.6 is 11.3 Å². The van der Waals surface area contributed by atoms with Crippen LogP contribution in [0, 0.1) is 0 Å². The van der Waals surface area contributed by atoms with E-state index >= 15 is 0 Å². The molecule has 2 rings (SSSR count). The van der Waals surface area contributed by atoms with Crippen LogP contribution in [0.15, 0.2) is 24.1 Å². The number of hydrogen-bond acceptors (Lipinski definition) is 3. The van der Waals surface area contributed by atoms with Crippen molar-refractivity contribution in [2.45, 2.75) is 25.3 Å². The molecule has 1 heterocycles. The van der Waals surface area contributed by atoms with Gasteiger partial charge >= 0.3 is 5.97 Å². The van der Waals surface area contributed by atoms with E-state index in [-0.39, 0.29) is 12.6 Å². The molecule has 1 atom stereocenters. The van der Waals surface area contributed by atoms with Gasteiger partial charge in [0.1, 0.15) is 0 Å². The summed E-state index contributed by atoms with van der Waals surface area (Å²) in [5, 5.41) is 11.1. The highest BCUT2D eigenvalue weighted by Crippen LogP contribution is 2.36. The fraction of sp³-hybridized carbons (Fsp3) is 0.462. The standard InChI is InChI=1S/C13H17NO2S/c1-2-7-14(9-13(15)16)11-4-3-5-12-10(11)6-8-17-12/h2,6,8,11H,1,3-5,7,9H2,(H,15,16). The largest absolute Gasteiger partial charge is 0.480 e. The molecule has 1 aliphatic carbocycles. The normalized spacial score (nSPS) is 19.0. The van der Waals surface area contributed by atoms with Crippen molar-refractivity contribution < 1.29 is 9.90 Å². The molecule has 1 unspecified atom stereocenters. The van der Waals surface area contributed by atoms with Gasteiger partial charge < -0.3 is 5.11 Å². The van der Waals surface area contributed by atoms with Crippen molar-refractivity contribution in [3.05, 3.63) is 34.5 Å². The van der Waals surface area contributed by atoms with Crippen molar-refractivity contribution in [3.63, 3.8) is 0 Å². The summed E-state index contributed by atoms with van der Waals surface area (Å²) in [4.78, 5) is 14.3. The first-order valence-electron chi connectivity index (χ1n) is 5.85. The van der Waals surface area contributed by atoms with Gasteiger partial charge in [-0.05, 0) is 36.3 Å². The first-order chi connectivity index (χ1) is 8.22. The van der Waals surface area contributed by atoms with Crippen LogP contribution in [0.1, 0.15) is 29.3 Å². The maximum absolute atomic E-state index is 10.9. The number of carboxylic acids is 1. The molecule has 1 aromatic heterocycles. The van der Waals surface area contributed by atoms with Crippen LogP contribution in [0.4, 0.5) is 0 Å². The minimum atomic E-state index is -0.769. The minimum absolute atomic E-state index is 0.0893. The third kappa shape index (κ3) is 2.76. The molecule has 17 heavy (non-hydrogen) atoms. The molecule has 3 nitrogen and oxygen atoms in total. The fourth-order valence-electron chi connectivity index (χ4n) is 2.48. The van der Waals surface area contributed by atoms with Gasteiger partial charge in [-0.25, -0.2) is 0 Å². The van der Waals surface area contributed by atoms with Crippen LogP contribution in [-0.4, -0.2) is 29.1 Å². The van der Waals surface area contributed by atoms with Gasteiger partial charge in [0.2, 0.25) is 0 Å². The highest BCUT2D eigenvalue weighted by molar-refractivity contribution is 7.10. The third-order valence-electron chi connectivity index (χ3n) is 3.16. The Labute approximate surface area is 105 Å². The highest BCUT2D eigenvalue weighted by atomic mass is 32.1. The van der Waals surface area contributed by atoms with Crippen LogP contribution in [0.2, 0.25) is 0 Å². The third-order valence-corrected chi connectivity index (χ3v) is 4.16. The van der Waals surface area contributed by atoms with Gasteiger partial charge in [-0.3, -0.25) is 9.69 Å². The van der Waals surface area contributed by atoms with Gasteiger partial charge in [0.15, 0.2) is 0 Å². The molecule has 0 radical (unpaired) electrons. The van der Waals surface area contributed by atoms with E-state index in [4.69, 9.17) is 5.11 Å². The first kappa shape index (κ1) is 12.3. The smallest absolute Gasteiger partial charge is 0.317 e. The average Bonchev–Trinajstić information content (AvgIpc) is 2.75. The minimum Gasteiger partial charge on any atom is -0.480 e. The van der Waals surface area contributed by atoms with Gasteiger partial charge in [0, 0.05) is 17.5 Å². The molecule has 0 aromatic carbocycles. The Hall–Kier alpha value is -1.13. The summed E-state index contributed by atoms with van der Waals surface area (Å²) in [7, 11) is 0. The zero-order valence-corrected chi connectivity index (χ0v) is 10.6. The van der Waals surface area contributed by atoms with Crippen molar-refractivity contribution in [3.8, 4) is 0 Å². The van der Waals surface area contributed by atoms with Crippen molar-refractivity contribution in [2.75, 3.05) is 13.1 Å². The fourth-order valence-corrected chi connectivity index (χ4v) is 3.46. The van der Waals surface area contributed by atoms with E-state index in [2.05, 4.69) is 18.0 Å². The van der Waals surface area contributed by atoms with E-state index in [0.29, 0.717) is 6.54 Å². The number of hydrogen-bond donors (Lipinski definition) is 1. The predicted octanol–water partition coefficient (Wildman–Crippen LogP) is 2.70. The lowest BCUT2D eigenvalue weighted by Crippen LogP contribution is -2.35. The van der Waals surface area contributed by atoms with E-state index in [1.54, 1.807) is 17.4 Å². The summed E-state index contributed by atoms with van der Waals surface area (Å²) < 4.78 is 0. The number of carbonyl (C=O) groups is 1. The van der Waals surface area contributed by atoms with E-state index in [0.717, 1.165) is 19.3 Å². The van der Waals surface area contributed by atoms with Gasteiger partial charge in [0.05, 0.1) is 6.54 Å². The van der Waals surface area contributed by atoms with Crippen molar-refractivity contribution in [1.82, 2.24) is 4.90 Å². The molecule has 92 valence electrons. The number of rotatable bonds is 5. The Morgan fingerprint density at radius 3 is 3.24 bits per heavy atom. The summed E-state index contributed by atoms with van der Waals surface area (Å²) in [5.74, 6) is -0.769. The maximum Gasteiger partial charge on any atom is 0.317 e. The first-order valence-corrected chi connectivity index (χ1v) is 6.73. The summed E-state index contributed by atoms with van der Waals surface area (Å²) in [6.45, 7) is 4.43. The second kappa shape index (κ2) is 5.47. The zero-order chi connectivity index (χ0) is 12.3. The van der Waals surface area contributed by atoms with Crippen LogP contribution in [-0.2, 0) is 11.2 Å². The van der Waals surface area contributed by atoms with Crippen LogP contribution in [0.25, 0.3) is 0 Å². The number of carboxylic acid groups (broad SMARTS) is 1. The Morgan fingerprint density at radius 2 is 2.53 bits per heavy atom. The van der Waals surface area contributed by atoms with Crippen LogP contribution < -0.4 is 0 Å². The Balaban J connectivity index is 2.20. The summed E-state index contributed by atoms with van der Waals surface area (Å²) in [5.41, 5.74) is 1.32. The second-order valence-electron chi connectivity index (χ2n) is 4.32. The average molecular weight is 251 g/mol. The molecule has 1 aliphatic rings. The maximum atomic E-state index is 10.9. The Bertz CT molecular complexity index is 413. The van der Waals surface area contributed by atoms with Gasteiger partial charge in [-0.2, -0.15) is 0 Å². The molecule has 1 N–H and O–H groups in total. The molecule has 1 aromatic rings. The molecule has 0 saturated heterocycles. The molecule has 0 aliphatic heterocycles. The highest BCUT2D eigenvalue weighted by Gasteiger charge is 2.27. The molecule has 0 amide bonds. The molecule has 0 spiro atoms. The molecule has 4 heteroatoms. The molecule has 0 saturated carbocycles. The SMILES string of the molecule is C=CCN(CC(=O)O)C1CCCc2sccc21. The lowest BCUT2D eigenvalue weighted by atomic mass is 9.92. The number of fused-ring (bicyclic) bond motifs is 1. The second-order valence-corrected chi connectivity index (χ2v) is 5.32. The number of aryl methyl sites for hydroxylation is 1. The quantitative estimate of drug-likeness (QED) is 0.818. The van der Waals surface area contributed by atoms with Crippen molar-refractivity contribution in [2.24, 2.45) is 0 Å². The number of aliphatic carboxylic acids is 1. The van der Waals surface area contributed by atoms with Crippen molar-refractivity contribution >= 4 is 17.3 Å². The van der Waals surface area contributed by atoms with Gasteiger partial charge in [-0.1, -0.05) is 6.08 Å². The molecular formula is C13H17NO2S. The topological polar surface area (TPSA) is 40.5 Å². The summed E-state index contributed by atoms with van der Waals surface area (Å²) >= 11 is 1.78. The van der Waals surface area contributed by atoms with Crippen LogP contribution in [0.5, 0.6) is 0 Å². The lowest BCUT2D eigenvalue weighted by Gasteiger charge is -2.32. The summed E-state index contributed by atoms with van der Waals surface area (Å²) in [6.07, 6.45) is 5.11. The molecule has 0 fully saturated rings. The Kier molecular flexibility index (Phi) is 3.97. The van der Waals surface area contributed by atoms with Gasteiger partial charge in [0.25, 0.3) is 0 Å². The molecule has 0 bridgehead atoms. The van der Waals surface area contributed by atoms with Crippen LogP contribution in [0.3, 0.4) is 0 Å². The van der Waals surface area contributed by atoms with E-state index < -0.39 is 5.97 Å². The van der Waals surface area contributed by atoms with E-state index in [1.165, 1.54) is 10.4 Å². The van der Waals surface area contributed by atoms with Crippen molar-refractivity contribution in [1.29, 1.82) is 0 Å². The monoisotopic (exact) mass is 251 g/mol. The zero-order valence-electron chi connectivity index (χ0n) is 9.76. The predicted molar refractivity (Wildman–Crippen MR) is 69.4 cm³/mol. The Morgan fingerprint density at radius 1 is 1.71 bits per heavy atom. The number of thiophene rings is 1. The number of nitrogens with zero attached hydrogens (tertiary/aromatic N) is 1. The van der Waals surface area contributed by atoms with E-state index in [9.17, 15) is 4.79 Å². The molecular weight excluding hydrogens is 234 g/mol. The lowest BCUT2D eigenvalue weighted by molar-refractivity contribution is -0.138.